The van der Waals surface area contributed by atoms with E-state index in [4.69, 9.17) is 5.11 Å². The van der Waals surface area contributed by atoms with Crippen molar-refractivity contribution in [3.05, 3.63) is 66.5 Å². The van der Waals surface area contributed by atoms with Crippen LogP contribution in [0.15, 0.2) is 60.9 Å². The zero-order valence-corrected chi connectivity index (χ0v) is 14.1. The van der Waals surface area contributed by atoms with Gasteiger partial charge in [-0.1, -0.05) is 30.3 Å². The van der Waals surface area contributed by atoms with Gasteiger partial charge in [0.25, 0.3) is 5.95 Å². The molecule has 3 heterocycles. The van der Waals surface area contributed by atoms with Gasteiger partial charge in [-0.15, -0.1) is 5.10 Å². The van der Waals surface area contributed by atoms with Crippen molar-refractivity contribution in [2.75, 3.05) is 10.6 Å². The number of hydrogen-bond acceptors (Lipinski definition) is 6. The molecule has 3 N–H and O–H groups in total. The highest BCUT2D eigenvalue weighted by Gasteiger charge is 2.10. The van der Waals surface area contributed by atoms with Crippen molar-refractivity contribution in [1.29, 1.82) is 0 Å². The van der Waals surface area contributed by atoms with E-state index in [1.54, 1.807) is 29.0 Å². The minimum Gasteiger partial charge on any atom is -0.465 e. The molecule has 3 aromatic heterocycles. The number of carbonyl (C=O) groups is 1. The molecule has 0 aliphatic rings. The highest BCUT2D eigenvalue weighted by Crippen LogP contribution is 2.21. The standard InChI is InChI=1S/C18H15N7O2/c26-18(27)23-17-22-15-4-1-3-14(25(15)24-17)13-7-5-12(6-8-13)11-21-16-19-9-2-10-20-16/h1-10H,11H2,(H,23,24)(H,26,27)(H,19,20,21). The zero-order chi connectivity index (χ0) is 18.6. The van der Waals surface area contributed by atoms with Crippen LogP contribution in [0, 0.1) is 0 Å². The average molecular weight is 361 g/mol. The van der Waals surface area contributed by atoms with Crippen LogP contribution < -0.4 is 10.6 Å². The van der Waals surface area contributed by atoms with Crippen molar-refractivity contribution in [3.63, 3.8) is 0 Å². The molecular formula is C18H15N7O2. The summed E-state index contributed by atoms with van der Waals surface area (Å²) in [5.74, 6) is 0.617. The molecule has 0 aliphatic carbocycles. The van der Waals surface area contributed by atoms with Crippen molar-refractivity contribution in [3.8, 4) is 11.3 Å². The molecule has 4 rings (SSSR count). The van der Waals surface area contributed by atoms with Crippen LogP contribution in [0.5, 0.6) is 0 Å². The molecule has 4 aromatic rings. The maximum atomic E-state index is 10.8. The molecule has 0 aliphatic heterocycles. The van der Waals surface area contributed by atoms with E-state index >= 15 is 0 Å². The monoisotopic (exact) mass is 361 g/mol. The predicted octanol–water partition coefficient (Wildman–Crippen LogP) is 2.89. The van der Waals surface area contributed by atoms with Gasteiger partial charge in [-0.05, 0) is 23.8 Å². The Morgan fingerprint density at radius 1 is 1.00 bits per heavy atom. The lowest BCUT2D eigenvalue weighted by molar-refractivity contribution is 0.209. The number of benzene rings is 1. The fraction of sp³-hybridized carbons (Fsp3) is 0.0556. The van der Waals surface area contributed by atoms with Crippen molar-refractivity contribution < 1.29 is 9.90 Å². The topological polar surface area (TPSA) is 117 Å². The third-order valence-electron chi connectivity index (χ3n) is 3.84. The van der Waals surface area contributed by atoms with E-state index in [-0.39, 0.29) is 5.95 Å². The van der Waals surface area contributed by atoms with E-state index in [0.29, 0.717) is 18.1 Å². The largest absolute Gasteiger partial charge is 0.465 e. The van der Waals surface area contributed by atoms with E-state index in [2.05, 4.69) is 30.7 Å². The predicted molar refractivity (Wildman–Crippen MR) is 99.4 cm³/mol. The molecule has 0 saturated heterocycles. The summed E-state index contributed by atoms with van der Waals surface area (Å²) in [4.78, 5) is 23.2. The minimum absolute atomic E-state index is 0.0404. The second kappa shape index (κ2) is 7.08. The lowest BCUT2D eigenvalue weighted by Gasteiger charge is -2.07. The van der Waals surface area contributed by atoms with Gasteiger partial charge in [-0.25, -0.2) is 19.3 Å². The summed E-state index contributed by atoms with van der Waals surface area (Å²) in [6, 6.07) is 15.2. The Hall–Kier alpha value is -4.01. The van der Waals surface area contributed by atoms with Gasteiger partial charge in [0.1, 0.15) is 0 Å². The number of pyridine rings is 1. The molecule has 0 unspecified atom stereocenters. The van der Waals surface area contributed by atoms with E-state index in [1.807, 2.05) is 36.4 Å². The molecule has 1 amide bonds. The summed E-state index contributed by atoms with van der Waals surface area (Å²) in [6.07, 6.45) is 2.17. The van der Waals surface area contributed by atoms with Gasteiger partial charge < -0.3 is 10.4 Å². The zero-order valence-electron chi connectivity index (χ0n) is 14.1. The van der Waals surface area contributed by atoms with E-state index in [0.717, 1.165) is 16.8 Å². The number of hydrogen-bond donors (Lipinski definition) is 3. The summed E-state index contributed by atoms with van der Waals surface area (Å²) in [7, 11) is 0. The normalized spacial score (nSPS) is 10.7. The van der Waals surface area contributed by atoms with Gasteiger partial charge in [-0.2, -0.15) is 4.98 Å². The number of nitrogens with one attached hydrogen (secondary N) is 2. The Bertz CT molecular complexity index is 1080. The number of nitrogens with zero attached hydrogens (tertiary/aromatic N) is 5. The molecule has 0 spiro atoms. The van der Waals surface area contributed by atoms with Crippen LogP contribution in [0.25, 0.3) is 16.9 Å². The molecule has 9 nitrogen and oxygen atoms in total. The third kappa shape index (κ3) is 3.66. The van der Waals surface area contributed by atoms with Crippen LogP contribution in [0.2, 0.25) is 0 Å². The number of anilines is 2. The van der Waals surface area contributed by atoms with Crippen LogP contribution in [-0.2, 0) is 6.54 Å². The second-order valence-corrected chi connectivity index (χ2v) is 5.67. The fourth-order valence-corrected chi connectivity index (χ4v) is 2.64. The van der Waals surface area contributed by atoms with E-state index in [9.17, 15) is 4.79 Å². The molecule has 134 valence electrons. The Morgan fingerprint density at radius 3 is 2.52 bits per heavy atom. The molecular weight excluding hydrogens is 346 g/mol. The van der Waals surface area contributed by atoms with Gasteiger partial charge in [-0.3, -0.25) is 5.32 Å². The SMILES string of the molecule is O=C(O)Nc1nc2cccc(-c3ccc(CNc4ncccn4)cc3)n2n1. The summed E-state index contributed by atoms with van der Waals surface area (Å²) in [5, 5.41) is 18.4. The fourth-order valence-electron chi connectivity index (χ4n) is 2.64. The lowest BCUT2D eigenvalue weighted by atomic mass is 10.1. The van der Waals surface area contributed by atoms with Gasteiger partial charge in [0.05, 0.1) is 5.69 Å². The van der Waals surface area contributed by atoms with Crippen LogP contribution in [0.1, 0.15) is 5.56 Å². The first kappa shape index (κ1) is 16.5. The van der Waals surface area contributed by atoms with Crippen molar-refractivity contribution in [2.24, 2.45) is 0 Å². The second-order valence-electron chi connectivity index (χ2n) is 5.67. The van der Waals surface area contributed by atoms with Gasteiger partial charge >= 0.3 is 6.09 Å². The summed E-state index contributed by atoms with van der Waals surface area (Å²) in [5.41, 5.74) is 3.38. The quantitative estimate of drug-likeness (QED) is 0.500. The first-order valence-corrected chi connectivity index (χ1v) is 8.15. The Labute approximate surface area is 153 Å². The maximum absolute atomic E-state index is 10.8. The Kier molecular flexibility index (Phi) is 4.32. The van der Waals surface area contributed by atoms with Crippen molar-refractivity contribution in [1.82, 2.24) is 24.6 Å². The highest BCUT2D eigenvalue weighted by atomic mass is 16.4. The van der Waals surface area contributed by atoms with Gasteiger partial charge in [0.2, 0.25) is 5.95 Å². The first-order chi connectivity index (χ1) is 13.2. The first-order valence-electron chi connectivity index (χ1n) is 8.15. The summed E-state index contributed by atoms with van der Waals surface area (Å²) < 4.78 is 1.61. The van der Waals surface area contributed by atoms with E-state index < -0.39 is 6.09 Å². The lowest BCUT2D eigenvalue weighted by Crippen LogP contribution is -2.08. The molecule has 9 heteroatoms. The molecule has 0 fully saturated rings. The Balaban J connectivity index is 1.56. The van der Waals surface area contributed by atoms with Crippen LogP contribution in [-0.4, -0.2) is 35.8 Å². The number of rotatable bonds is 5. The maximum Gasteiger partial charge on any atom is 0.411 e. The highest BCUT2D eigenvalue weighted by molar-refractivity contribution is 5.80. The average Bonchev–Trinajstić information content (AvgIpc) is 3.09. The molecule has 0 bridgehead atoms. The minimum atomic E-state index is -1.20. The molecule has 0 atom stereocenters. The van der Waals surface area contributed by atoms with Gasteiger partial charge in [0.15, 0.2) is 5.65 Å². The third-order valence-corrected chi connectivity index (χ3v) is 3.84. The number of aromatic nitrogens is 5. The number of fused-ring (bicyclic) bond motifs is 1. The molecule has 1 aromatic carbocycles. The van der Waals surface area contributed by atoms with Crippen LogP contribution in [0.3, 0.4) is 0 Å². The van der Waals surface area contributed by atoms with Gasteiger partial charge in [0, 0.05) is 24.5 Å². The van der Waals surface area contributed by atoms with Crippen molar-refractivity contribution >= 4 is 23.6 Å². The summed E-state index contributed by atoms with van der Waals surface area (Å²) >= 11 is 0. The summed E-state index contributed by atoms with van der Waals surface area (Å²) in [6.45, 7) is 0.602. The van der Waals surface area contributed by atoms with Crippen LogP contribution >= 0.6 is 0 Å². The number of carboxylic acid groups (broad SMARTS) is 1. The van der Waals surface area contributed by atoms with Crippen LogP contribution in [0.4, 0.5) is 16.7 Å². The molecule has 0 saturated carbocycles. The molecule has 27 heavy (non-hydrogen) atoms. The smallest absolute Gasteiger partial charge is 0.411 e. The van der Waals surface area contributed by atoms with Crippen molar-refractivity contribution in [2.45, 2.75) is 6.54 Å². The van der Waals surface area contributed by atoms with E-state index in [1.165, 1.54) is 0 Å². The number of amides is 1. The molecule has 0 radical (unpaired) electrons. The Morgan fingerprint density at radius 2 is 1.78 bits per heavy atom.